The molecule has 2 fully saturated rings. The molecule has 2 aromatic heterocycles. The largest absolute Gasteiger partial charge is 0.490 e. The van der Waals surface area contributed by atoms with Gasteiger partial charge in [-0.05, 0) is 25.0 Å². The summed E-state index contributed by atoms with van der Waals surface area (Å²) >= 11 is 0. The van der Waals surface area contributed by atoms with Gasteiger partial charge in [0.05, 0.1) is 18.8 Å². The molecule has 2 atom stereocenters. The summed E-state index contributed by atoms with van der Waals surface area (Å²) in [6, 6.07) is 7.30. The number of ether oxygens (including phenoxy) is 2. The van der Waals surface area contributed by atoms with E-state index in [1.165, 1.54) is 0 Å². The van der Waals surface area contributed by atoms with Crippen molar-refractivity contribution in [3.8, 4) is 5.88 Å². The number of aromatic nitrogens is 3. The van der Waals surface area contributed by atoms with Crippen LogP contribution < -0.4 is 4.74 Å². The van der Waals surface area contributed by atoms with Crippen LogP contribution in [0.1, 0.15) is 29.9 Å². The quantitative estimate of drug-likeness (QED) is 0.752. The smallest absolute Gasteiger partial charge is 0.475 e. The van der Waals surface area contributed by atoms with E-state index in [9.17, 15) is 18.0 Å². The zero-order valence-corrected chi connectivity index (χ0v) is 16.9. The van der Waals surface area contributed by atoms with Crippen LogP contribution in [0.3, 0.4) is 0 Å². The van der Waals surface area contributed by atoms with Crippen molar-refractivity contribution in [1.29, 1.82) is 0 Å². The number of carboxylic acids is 1. The highest BCUT2D eigenvalue weighted by atomic mass is 19.4. The average molecular weight is 454 g/mol. The molecule has 2 aliphatic rings. The van der Waals surface area contributed by atoms with Crippen LogP contribution in [-0.4, -0.2) is 74.4 Å². The van der Waals surface area contributed by atoms with E-state index in [2.05, 4.69) is 15.0 Å². The molecule has 12 heteroatoms. The van der Waals surface area contributed by atoms with Crippen LogP contribution in [0.25, 0.3) is 0 Å². The molecule has 9 nitrogen and oxygen atoms in total. The molecule has 0 aromatic carbocycles. The summed E-state index contributed by atoms with van der Waals surface area (Å²) in [7, 11) is 0. The van der Waals surface area contributed by atoms with Crippen molar-refractivity contribution in [2.45, 2.75) is 37.1 Å². The lowest BCUT2D eigenvalue weighted by Gasteiger charge is -2.39. The van der Waals surface area contributed by atoms with Crippen molar-refractivity contribution in [3.63, 3.8) is 0 Å². The molecular weight excluding hydrogens is 433 g/mol. The Morgan fingerprint density at radius 1 is 1.16 bits per heavy atom. The number of hydrogen-bond donors (Lipinski definition) is 1. The molecule has 32 heavy (non-hydrogen) atoms. The number of amides is 1. The Balaban J connectivity index is 0.000000360. The fourth-order valence-corrected chi connectivity index (χ4v) is 3.57. The zero-order chi connectivity index (χ0) is 23.2. The summed E-state index contributed by atoms with van der Waals surface area (Å²) in [5, 5.41) is 7.12. The number of likely N-dealkylation sites (tertiary alicyclic amines) is 1. The van der Waals surface area contributed by atoms with E-state index in [1.54, 1.807) is 29.6 Å². The summed E-state index contributed by atoms with van der Waals surface area (Å²) < 4.78 is 43.8. The molecule has 172 valence electrons. The number of halogens is 3. The first kappa shape index (κ1) is 23.4. The third kappa shape index (κ3) is 6.13. The molecule has 1 N–H and O–H groups in total. The number of carboxylic acid groups (broad SMARTS) is 1. The molecule has 4 rings (SSSR count). The number of carbonyl (C=O) groups is 2. The van der Waals surface area contributed by atoms with E-state index in [1.807, 2.05) is 18.2 Å². The summed E-state index contributed by atoms with van der Waals surface area (Å²) in [4.78, 5) is 35.6. The number of nitrogens with zero attached hydrogens (tertiary/aromatic N) is 4. The predicted molar refractivity (Wildman–Crippen MR) is 103 cm³/mol. The lowest BCUT2D eigenvalue weighted by molar-refractivity contribution is -0.192. The van der Waals surface area contributed by atoms with Gasteiger partial charge in [-0.2, -0.15) is 13.2 Å². The van der Waals surface area contributed by atoms with E-state index in [0.29, 0.717) is 25.6 Å². The van der Waals surface area contributed by atoms with Crippen molar-refractivity contribution in [1.82, 2.24) is 19.9 Å². The predicted octanol–water partition coefficient (Wildman–Crippen LogP) is 2.35. The molecule has 0 radical (unpaired) electrons. The number of carbonyl (C=O) groups excluding carboxylic acids is 1. The maximum Gasteiger partial charge on any atom is 0.490 e. The van der Waals surface area contributed by atoms with E-state index in [-0.39, 0.29) is 23.4 Å². The van der Waals surface area contributed by atoms with Crippen molar-refractivity contribution in [2.75, 3.05) is 19.7 Å². The van der Waals surface area contributed by atoms with Crippen LogP contribution in [0.15, 0.2) is 42.9 Å². The number of rotatable bonds is 3. The van der Waals surface area contributed by atoms with Crippen LogP contribution in [0.4, 0.5) is 13.2 Å². The van der Waals surface area contributed by atoms with Gasteiger partial charge in [-0.3, -0.25) is 4.79 Å². The van der Waals surface area contributed by atoms with Gasteiger partial charge in [-0.1, -0.05) is 6.07 Å². The second kappa shape index (κ2) is 9.90. The standard InChI is InChI=1S/C18H20N4O3.C2HF3O2/c23-17(16-20-8-4-9-21-16)22-10-3-6-18(13-22)11-14(12-24-18)25-15-5-1-2-7-19-15;3-2(4,5)1(6)7/h1-2,4-5,7-9,14H,3,6,10-13H2;(H,6,7)/t14-,18+;/m1./s1. The Kier molecular flexibility index (Phi) is 7.23. The summed E-state index contributed by atoms with van der Waals surface area (Å²) in [6.07, 6.45) is 2.33. The molecule has 2 aromatic rings. The molecule has 0 unspecified atom stereocenters. The third-order valence-corrected chi connectivity index (χ3v) is 4.93. The molecule has 0 bridgehead atoms. The Hall–Kier alpha value is -3.28. The average Bonchev–Trinajstić information content (AvgIpc) is 3.15. The van der Waals surface area contributed by atoms with Crippen LogP contribution in [0.5, 0.6) is 5.88 Å². The van der Waals surface area contributed by atoms with E-state index in [4.69, 9.17) is 19.4 Å². The zero-order valence-electron chi connectivity index (χ0n) is 16.9. The van der Waals surface area contributed by atoms with Gasteiger partial charge < -0.3 is 19.5 Å². The van der Waals surface area contributed by atoms with E-state index in [0.717, 1.165) is 19.3 Å². The number of hydrogen-bond acceptors (Lipinski definition) is 7. The molecule has 4 heterocycles. The highest BCUT2D eigenvalue weighted by Crippen LogP contribution is 2.36. The highest BCUT2D eigenvalue weighted by Gasteiger charge is 2.45. The van der Waals surface area contributed by atoms with Gasteiger partial charge in [0.2, 0.25) is 11.7 Å². The van der Waals surface area contributed by atoms with Crippen LogP contribution >= 0.6 is 0 Å². The molecule has 0 aliphatic carbocycles. The molecule has 0 saturated carbocycles. The lowest BCUT2D eigenvalue weighted by Crippen LogP contribution is -2.50. The number of aliphatic carboxylic acids is 1. The van der Waals surface area contributed by atoms with Gasteiger partial charge in [-0.15, -0.1) is 0 Å². The molecule has 2 aliphatic heterocycles. The van der Waals surface area contributed by atoms with E-state index >= 15 is 0 Å². The second-order valence-corrected chi connectivity index (χ2v) is 7.31. The van der Waals surface area contributed by atoms with Crippen LogP contribution in [0, 0.1) is 0 Å². The topological polar surface area (TPSA) is 115 Å². The maximum absolute atomic E-state index is 12.6. The van der Waals surface area contributed by atoms with Gasteiger partial charge >= 0.3 is 12.1 Å². The fraction of sp³-hybridized carbons (Fsp3) is 0.450. The summed E-state index contributed by atoms with van der Waals surface area (Å²) in [6.45, 7) is 1.76. The molecule has 2 saturated heterocycles. The second-order valence-electron chi connectivity index (χ2n) is 7.31. The molecule has 1 spiro atoms. The normalized spacial score (nSPS) is 22.7. The van der Waals surface area contributed by atoms with Gasteiger partial charge in [0.25, 0.3) is 5.91 Å². The van der Waals surface area contributed by atoms with Crippen molar-refractivity contribution in [3.05, 3.63) is 48.7 Å². The Labute approximate surface area is 181 Å². The Bertz CT molecular complexity index is 916. The van der Waals surface area contributed by atoms with Gasteiger partial charge in [0.15, 0.2) is 0 Å². The monoisotopic (exact) mass is 454 g/mol. The summed E-state index contributed by atoms with van der Waals surface area (Å²) in [5.74, 6) is -2.06. The van der Waals surface area contributed by atoms with Crippen molar-refractivity contribution >= 4 is 11.9 Å². The highest BCUT2D eigenvalue weighted by molar-refractivity contribution is 5.90. The lowest BCUT2D eigenvalue weighted by atomic mass is 9.89. The van der Waals surface area contributed by atoms with Gasteiger partial charge in [-0.25, -0.2) is 19.7 Å². The number of piperidine rings is 1. The minimum Gasteiger partial charge on any atom is -0.475 e. The number of pyridine rings is 1. The minimum absolute atomic E-state index is 0.0436. The van der Waals surface area contributed by atoms with Crippen LogP contribution in [0.2, 0.25) is 0 Å². The first-order chi connectivity index (χ1) is 15.2. The van der Waals surface area contributed by atoms with E-state index < -0.39 is 12.1 Å². The molecule has 1 amide bonds. The first-order valence-corrected chi connectivity index (χ1v) is 9.77. The molecular formula is C20H21F3N4O5. The first-order valence-electron chi connectivity index (χ1n) is 9.77. The third-order valence-electron chi connectivity index (χ3n) is 4.93. The van der Waals surface area contributed by atoms with Gasteiger partial charge in [0.1, 0.15) is 6.10 Å². The Morgan fingerprint density at radius 3 is 2.47 bits per heavy atom. The SMILES string of the molecule is O=C(O)C(F)(F)F.O=C(c1ncccn1)N1CCC[C@]2(C[C@@H](Oc3ccccn3)CO2)C1. The van der Waals surface area contributed by atoms with Crippen LogP contribution in [-0.2, 0) is 9.53 Å². The minimum atomic E-state index is -5.08. The van der Waals surface area contributed by atoms with Crippen molar-refractivity contribution in [2.24, 2.45) is 0 Å². The maximum atomic E-state index is 12.6. The fourth-order valence-electron chi connectivity index (χ4n) is 3.57. The summed E-state index contributed by atoms with van der Waals surface area (Å²) in [5.41, 5.74) is -0.345. The Morgan fingerprint density at radius 2 is 1.84 bits per heavy atom. The van der Waals surface area contributed by atoms with Crippen molar-refractivity contribution < 1.29 is 37.3 Å². The van der Waals surface area contributed by atoms with Gasteiger partial charge in [0, 0.05) is 37.6 Å². The number of alkyl halides is 3.